The molecule has 2 N–H and O–H groups in total. The number of rotatable bonds is 5. The van der Waals surface area contributed by atoms with Crippen molar-refractivity contribution in [3.8, 4) is 5.75 Å². The van der Waals surface area contributed by atoms with E-state index in [1.165, 1.54) is 5.56 Å². The van der Waals surface area contributed by atoms with Gasteiger partial charge in [0.05, 0.1) is 6.54 Å². The van der Waals surface area contributed by atoms with Gasteiger partial charge in [0, 0.05) is 32.5 Å². The first kappa shape index (κ1) is 22.9. The van der Waals surface area contributed by atoms with E-state index in [1.807, 2.05) is 48.5 Å². The number of fused-ring (bicyclic) bond motifs is 1. The number of aliphatic imine (C=N–C) groups is 1. The molecule has 1 heterocycles. The van der Waals surface area contributed by atoms with E-state index in [1.54, 1.807) is 0 Å². The van der Waals surface area contributed by atoms with E-state index in [0.29, 0.717) is 6.54 Å². The maximum absolute atomic E-state index is 11.2. The Morgan fingerprint density at radius 2 is 1.83 bits per heavy atom. The molecule has 1 unspecified atom stereocenters. The van der Waals surface area contributed by atoms with E-state index in [2.05, 4.69) is 23.2 Å². The van der Waals surface area contributed by atoms with Crippen molar-refractivity contribution in [1.82, 2.24) is 10.2 Å². The van der Waals surface area contributed by atoms with Crippen molar-refractivity contribution in [3.63, 3.8) is 0 Å². The number of hydrogen-bond acceptors (Lipinski definition) is 3. The summed E-state index contributed by atoms with van der Waals surface area (Å²) in [4.78, 5) is 7.13. The zero-order valence-corrected chi connectivity index (χ0v) is 19.9. The summed E-state index contributed by atoms with van der Waals surface area (Å²) in [6.07, 6.45) is 3.82. The lowest BCUT2D eigenvalue weighted by molar-refractivity contribution is 0.0480. The average Bonchev–Trinajstić information content (AvgIpc) is 3.10. The number of aryl methyl sites for hydroxylation is 1. The normalized spacial score (nSPS) is 21.7. The Morgan fingerprint density at radius 3 is 2.57 bits per heavy atom. The van der Waals surface area contributed by atoms with Crippen molar-refractivity contribution in [2.24, 2.45) is 4.99 Å². The van der Waals surface area contributed by atoms with E-state index in [-0.39, 0.29) is 30.1 Å². The van der Waals surface area contributed by atoms with Gasteiger partial charge in [-0.2, -0.15) is 0 Å². The van der Waals surface area contributed by atoms with Crippen molar-refractivity contribution in [1.29, 1.82) is 0 Å². The van der Waals surface area contributed by atoms with Gasteiger partial charge in [-0.15, -0.1) is 24.0 Å². The molecule has 5 nitrogen and oxygen atoms in total. The molecule has 1 atom stereocenters. The second-order valence-corrected chi connectivity index (χ2v) is 7.98. The Labute approximate surface area is 196 Å². The molecule has 6 heteroatoms. The molecular weight excluding hydrogens is 489 g/mol. The van der Waals surface area contributed by atoms with Crippen LogP contribution in [0.15, 0.2) is 59.6 Å². The van der Waals surface area contributed by atoms with Crippen molar-refractivity contribution < 1.29 is 9.84 Å². The lowest BCUT2D eigenvalue weighted by Gasteiger charge is -2.35. The largest absolute Gasteiger partial charge is 0.490 e. The Morgan fingerprint density at radius 1 is 1.13 bits per heavy atom. The maximum atomic E-state index is 11.2. The van der Waals surface area contributed by atoms with Gasteiger partial charge in [-0.3, -0.25) is 0 Å². The highest BCUT2D eigenvalue weighted by molar-refractivity contribution is 14.0. The number of guanidine groups is 1. The van der Waals surface area contributed by atoms with Gasteiger partial charge in [0.25, 0.3) is 0 Å². The topological polar surface area (TPSA) is 57.1 Å². The first-order valence-electron chi connectivity index (χ1n) is 10.7. The SMILES string of the molecule is CCNC(=NCC1(O)CCc2ccccc21)N1CCC(Oc2ccccc2)CC1.I. The summed E-state index contributed by atoms with van der Waals surface area (Å²) >= 11 is 0. The summed E-state index contributed by atoms with van der Waals surface area (Å²) in [7, 11) is 0. The van der Waals surface area contributed by atoms with Gasteiger partial charge < -0.3 is 20.1 Å². The summed E-state index contributed by atoms with van der Waals surface area (Å²) in [6, 6.07) is 18.2. The van der Waals surface area contributed by atoms with Crippen LogP contribution in [-0.4, -0.2) is 48.2 Å². The number of halogens is 1. The zero-order chi connectivity index (χ0) is 20.1. The molecule has 2 aliphatic rings. The third-order valence-corrected chi connectivity index (χ3v) is 5.94. The van der Waals surface area contributed by atoms with Crippen molar-refractivity contribution in [2.75, 3.05) is 26.2 Å². The molecule has 2 aromatic rings. The Kier molecular flexibility index (Phi) is 7.99. The Hall–Kier alpha value is -1.80. The molecule has 1 fully saturated rings. The summed E-state index contributed by atoms with van der Waals surface area (Å²) in [6.45, 7) is 5.10. The van der Waals surface area contributed by atoms with Crippen LogP contribution >= 0.6 is 24.0 Å². The highest BCUT2D eigenvalue weighted by Gasteiger charge is 2.36. The molecular formula is C24H32IN3O2. The fourth-order valence-corrected chi connectivity index (χ4v) is 4.34. The van der Waals surface area contributed by atoms with Crippen LogP contribution in [0.4, 0.5) is 0 Å². The highest BCUT2D eigenvalue weighted by Crippen LogP contribution is 2.37. The van der Waals surface area contributed by atoms with Crippen LogP contribution in [0.3, 0.4) is 0 Å². The lowest BCUT2D eigenvalue weighted by atomic mass is 9.96. The summed E-state index contributed by atoms with van der Waals surface area (Å²) < 4.78 is 6.11. The Bertz CT molecular complexity index is 837. The minimum absolute atomic E-state index is 0. The molecule has 1 saturated heterocycles. The standard InChI is InChI=1S/C24H31N3O2.HI/c1-2-25-23(26-18-24(28)15-12-19-8-6-7-11-22(19)24)27-16-13-21(14-17-27)29-20-9-4-3-5-10-20;/h3-11,21,28H,2,12-18H2,1H3,(H,25,26);1H. The van der Waals surface area contributed by atoms with Crippen LogP contribution in [0.25, 0.3) is 0 Å². The summed E-state index contributed by atoms with van der Waals surface area (Å²) in [5.41, 5.74) is 1.43. The second-order valence-electron chi connectivity index (χ2n) is 7.98. The lowest BCUT2D eigenvalue weighted by Crippen LogP contribution is -2.48. The highest BCUT2D eigenvalue weighted by atomic mass is 127. The van der Waals surface area contributed by atoms with Gasteiger partial charge in [-0.25, -0.2) is 4.99 Å². The van der Waals surface area contributed by atoms with Gasteiger partial charge >= 0.3 is 0 Å². The van der Waals surface area contributed by atoms with Crippen LogP contribution in [0.1, 0.15) is 37.3 Å². The van der Waals surface area contributed by atoms with E-state index in [4.69, 9.17) is 9.73 Å². The van der Waals surface area contributed by atoms with Crippen molar-refractivity contribution >= 4 is 29.9 Å². The van der Waals surface area contributed by atoms with E-state index < -0.39 is 5.60 Å². The molecule has 0 bridgehead atoms. The van der Waals surface area contributed by atoms with Crippen LogP contribution in [0.5, 0.6) is 5.75 Å². The predicted octanol–water partition coefficient (Wildman–Crippen LogP) is 3.95. The number of benzene rings is 2. The van der Waals surface area contributed by atoms with Gasteiger partial charge in [0.1, 0.15) is 17.5 Å². The number of ether oxygens (including phenoxy) is 1. The molecule has 1 aliphatic carbocycles. The van der Waals surface area contributed by atoms with Gasteiger partial charge in [-0.1, -0.05) is 42.5 Å². The van der Waals surface area contributed by atoms with Crippen molar-refractivity contribution in [2.45, 2.75) is 44.3 Å². The molecule has 1 aliphatic heterocycles. The number of aliphatic hydroxyl groups is 1. The second kappa shape index (κ2) is 10.5. The van der Waals surface area contributed by atoms with Crippen LogP contribution in [0.2, 0.25) is 0 Å². The number of hydrogen-bond donors (Lipinski definition) is 2. The molecule has 2 aromatic carbocycles. The van der Waals surface area contributed by atoms with E-state index in [9.17, 15) is 5.11 Å². The van der Waals surface area contributed by atoms with Crippen molar-refractivity contribution in [3.05, 3.63) is 65.7 Å². The quantitative estimate of drug-likeness (QED) is 0.356. The van der Waals surface area contributed by atoms with Crippen LogP contribution in [-0.2, 0) is 12.0 Å². The number of piperidine rings is 1. The first-order valence-corrected chi connectivity index (χ1v) is 10.7. The van der Waals surface area contributed by atoms with Gasteiger partial charge in [0.2, 0.25) is 0 Å². The molecule has 162 valence electrons. The third kappa shape index (κ3) is 5.27. The molecule has 0 amide bonds. The number of nitrogens with zero attached hydrogens (tertiary/aromatic N) is 2. The Balaban J connectivity index is 0.00000256. The zero-order valence-electron chi connectivity index (χ0n) is 17.6. The molecule has 0 radical (unpaired) electrons. The van der Waals surface area contributed by atoms with E-state index in [0.717, 1.165) is 62.6 Å². The molecule has 4 rings (SSSR count). The number of likely N-dealkylation sites (tertiary alicyclic amines) is 1. The van der Waals surface area contributed by atoms with Crippen LogP contribution < -0.4 is 10.1 Å². The minimum atomic E-state index is -0.855. The minimum Gasteiger partial charge on any atom is -0.490 e. The predicted molar refractivity (Wildman–Crippen MR) is 132 cm³/mol. The average molecular weight is 521 g/mol. The van der Waals surface area contributed by atoms with Gasteiger partial charge in [0.15, 0.2) is 5.96 Å². The fourth-order valence-electron chi connectivity index (χ4n) is 4.34. The summed E-state index contributed by atoms with van der Waals surface area (Å²) in [5, 5.41) is 14.6. The molecule has 0 saturated carbocycles. The van der Waals surface area contributed by atoms with E-state index >= 15 is 0 Å². The molecule has 30 heavy (non-hydrogen) atoms. The number of para-hydroxylation sites is 1. The first-order chi connectivity index (χ1) is 14.2. The summed E-state index contributed by atoms with van der Waals surface area (Å²) in [5.74, 6) is 1.83. The smallest absolute Gasteiger partial charge is 0.194 e. The molecule has 0 aromatic heterocycles. The van der Waals surface area contributed by atoms with Crippen LogP contribution in [0, 0.1) is 0 Å². The molecule has 0 spiro atoms. The maximum Gasteiger partial charge on any atom is 0.194 e. The third-order valence-electron chi connectivity index (χ3n) is 5.94. The number of nitrogens with one attached hydrogen (secondary N) is 1. The monoisotopic (exact) mass is 521 g/mol. The fraction of sp³-hybridized carbons (Fsp3) is 0.458. The van der Waals surface area contributed by atoms with Gasteiger partial charge in [-0.05, 0) is 43.0 Å².